The van der Waals surface area contributed by atoms with Gasteiger partial charge in [0, 0.05) is 26.8 Å². The average molecular weight is 298 g/mol. The van der Waals surface area contributed by atoms with E-state index in [9.17, 15) is 18.0 Å². The molecular formula is C11H17F3N2O2S. The summed E-state index contributed by atoms with van der Waals surface area (Å²) in [5.74, 6) is -0.451. The number of nitrogens with two attached hydrogens (primary N) is 1. The lowest BCUT2D eigenvalue weighted by Crippen LogP contribution is -2.52. The van der Waals surface area contributed by atoms with Crippen molar-refractivity contribution in [2.75, 3.05) is 26.8 Å². The van der Waals surface area contributed by atoms with Gasteiger partial charge in [-0.2, -0.15) is 13.2 Å². The van der Waals surface area contributed by atoms with Crippen LogP contribution in [0.2, 0.25) is 0 Å². The van der Waals surface area contributed by atoms with Crippen LogP contribution in [0.4, 0.5) is 13.2 Å². The molecule has 2 N–H and O–H groups in total. The largest absolute Gasteiger partial charge is 0.392 e. The SMILES string of the molecule is CN(CCC(F)(F)F)C(=O)C1(C(N)=S)CCOCC1. The number of thiocarbonyl (C=S) groups is 1. The van der Waals surface area contributed by atoms with Gasteiger partial charge in [-0.25, -0.2) is 0 Å². The van der Waals surface area contributed by atoms with Crippen LogP contribution in [0, 0.1) is 5.41 Å². The van der Waals surface area contributed by atoms with Crippen molar-refractivity contribution in [2.45, 2.75) is 25.4 Å². The highest BCUT2D eigenvalue weighted by molar-refractivity contribution is 7.80. The van der Waals surface area contributed by atoms with Gasteiger partial charge in [0.2, 0.25) is 5.91 Å². The number of hydrogen-bond acceptors (Lipinski definition) is 3. The molecule has 0 bridgehead atoms. The minimum absolute atomic E-state index is 0.0275. The molecule has 0 atom stereocenters. The van der Waals surface area contributed by atoms with Crippen LogP contribution < -0.4 is 5.73 Å². The Morgan fingerprint density at radius 3 is 2.37 bits per heavy atom. The van der Waals surface area contributed by atoms with Crippen LogP contribution in [0.3, 0.4) is 0 Å². The topological polar surface area (TPSA) is 55.6 Å². The van der Waals surface area contributed by atoms with E-state index in [-0.39, 0.29) is 4.99 Å². The van der Waals surface area contributed by atoms with Crippen molar-refractivity contribution in [1.82, 2.24) is 4.90 Å². The molecule has 1 rings (SSSR count). The molecule has 4 nitrogen and oxygen atoms in total. The minimum atomic E-state index is -4.29. The van der Waals surface area contributed by atoms with Crippen molar-refractivity contribution >= 4 is 23.1 Å². The Bertz CT molecular complexity index is 354. The summed E-state index contributed by atoms with van der Waals surface area (Å²) in [7, 11) is 1.34. The Kier molecular flexibility index (Phi) is 5.14. The second-order valence-electron chi connectivity index (χ2n) is 4.65. The zero-order chi connectivity index (χ0) is 14.7. The molecule has 0 saturated carbocycles. The molecule has 1 heterocycles. The number of ether oxygens (including phenoxy) is 1. The molecule has 110 valence electrons. The maximum absolute atomic E-state index is 12.3. The summed E-state index contributed by atoms with van der Waals surface area (Å²) >= 11 is 4.93. The summed E-state index contributed by atoms with van der Waals surface area (Å²) < 4.78 is 41.7. The number of rotatable bonds is 4. The van der Waals surface area contributed by atoms with Gasteiger partial charge < -0.3 is 15.4 Å². The van der Waals surface area contributed by atoms with Gasteiger partial charge >= 0.3 is 6.18 Å². The molecule has 19 heavy (non-hydrogen) atoms. The molecule has 8 heteroatoms. The number of alkyl halides is 3. The van der Waals surface area contributed by atoms with E-state index in [1.807, 2.05) is 0 Å². The van der Waals surface area contributed by atoms with E-state index in [1.165, 1.54) is 7.05 Å². The maximum Gasteiger partial charge on any atom is 0.390 e. The Labute approximate surface area is 115 Å². The predicted octanol–water partition coefficient (Wildman–Crippen LogP) is 1.48. The van der Waals surface area contributed by atoms with E-state index >= 15 is 0 Å². The van der Waals surface area contributed by atoms with Gasteiger partial charge in [0.25, 0.3) is 0 Å². The van der Waals surface area contributed by atoms with Crippen LogP contribution in [0.15, 0.2) is 0 Å². The molecule has 1 aliphatic heterocycles. The van der Waals surface area contributed by atoms with Crippen molar-refractivity contribution < 1.29 is 22.7 Å². The Morgan fingerprint density at radius 2 is 1.95 bits per heavy atom. The van der Waals surface area contributed by atoms with Crippen LogP contribution in [-0.4, -0.2) is 48.8 Å². The molecule has 0 aromatic carbocycles. The number of carbonyl (C=O) groups excluding carboxylic acids is 1. The van der Waals surface area contributed by atoms with E-state index in [1.54, 1.807) is 0 Å². The van der Waals surface area contributed by atoms with Crippen LogP contribution in [0.5, 0.6) is 0 Å². The van der Waals surface area contributed by atoms with Crippen molar-refractivity contribution in [3.63, 3.8) is 0 Å². The molecule has 0 aliphatic carbocycles. The quantitative estimate of drug-likeness (QED) is 0.799. The van der Waals surface area contributed by atoms with Gasteiger partial charge in [-0.1, -0.05) is 12.2 Å². The van der Waals surface area contributed by atoms with E-state index in [0.717, 1.165) is 4.90 Å². The molecule has 0 spiro atoms. The Hall–Kier alpha value is -0.890. The lowest BCUT2D eigenvalue weighted by molar-refractivity contribution is -0.150. The fourth-order valence-corrected chi connectivity index (χ4v) is 2.34. The Balaban J connectivity index is 2.74. The predicted molar refractivity (Wildman–Crippen MR) is 67.6 cm³/mol. The van der Waals surface area contributed by atoms with Crippen molar-refractivity contribution in [3.8, 4) is 0 Å². The minimum Gasteiger partial charge on any atom is -0.392 e. The number of nitrogens with zero attached hydrogens (tertiary/aromatic N) is 1. The smallest absolute Gasteiger partial charge is 0.390 e. The average Bonchev–Trinajstić information content (AvgIpc) is 2.34. The lowest BCUT2D eigenvalue weighted by atomic mass is 9.78. The molecule has 1 saturated heterocycles. The van der Waals surface area contributed by atoms with Crippen LogP contribution in [0.1, 0.15) is 19.3 Å². The molecule has 1 fully saturated rings. The second kappa shape index (κ2) is 6.04. The highest BCUT2D eigenvalue weighted by atomic mass is 32.1. The summed E-state index contributed by atoms with van der Waals surface area (Å²) in [6.45, 7) is 0.264. The summed E-state index contributed by atoms with van der Waals surface area (Å²) in [6, 6.07) is 0. The first-order chi connectivity index (χ1) is 8.69. The first-order valence-electron chi connectivity index (χ1n) is 5.89. The summed E-state index contributed by atoms with van der Waals surface area (Å²) in [6.07, 6.45) is -4.70. The van der Waals surface area contributed by atoms with Gasteiger partial charge in [-0.3, -0.25) is 4.79 Å². The standard InChI is InChI=1S/C11H17F3N2O2S/c1-16(5-2-11(12,13)14)9(17)10(8(15)19)3-6-18-7-4-10/h2-7H2,1H3,(H2,15,19). The fourth-order valence-electron chi connectivity index (χ4n) is 2.05. The van der Waals surface area contributed by atoms with Gasteiger partial charge in [-0.15, -0.1) is 0 Å². The van der Waals surface area contributed by atoms with Gasteiger partial charge in [-0.05, 0) is 12.8 Å². The number of halogens is 3. The molecule has 1 amide bonds. The van der Waals surface area contributed by atoms with Crippen molar-refractivity contribution in [2.24, 2.45) is 11.1 Å². The molecule has 0 radical (unpaired) electrons. The first-order valence-corrected chi connectivity index (χ1v) is 6.30. The maximum atomic E-state index is 12.3. The monoisotopic (exact) mass is 298 g/mol. The summed E-state index contributed by atoms with van der Waals surface area (Å²) in [5.41, 5.74) is 4.57. The van der Waals surface area contributed by atoms with Crippen LogP contribution >= 0.6 is 12.2 Å². The zero-order valence-electron chi connectivity index (χ0n) is 10.6. The fraction of sp³-hybridized carbons (Fsp3) is 0.818. The third-order valence-corrected chi connectivity index (χ3v) is 3.70. The summed E-state index contributed by atoms with van der Waals surface area (Å²) in [4.78, 5) is 13.4. The molecule has 0 unspecified atom stereocenters. The van der Waals surface area contributed by atoms with Gasteiger partial charge in [0.1, 0.15) is 5.41 Å². The third-order valence-electron chi connectivity index (χ3n) is 3.30. The molecular weight excluding hydrogens is 281 g/mol. The Morgan fingerprint density at radius 1 is 1.42 bits per heavy atom. The lowest BCUT2D eigenvalue weighted by Gasteiger charge is -2.37. The number of carbonyl (C=O) groups is 1. The molecule has 0 aromatic rings. The van der Waals surface area contributed by atoms with Gasteiger partial charge in [0.05, 0.1) is 11.4 Å². The molecule has 0 aromatic heterocycles. The number of hydrogen-bond donors (Lipinski definition) is 1. The highest BCUT2D eigenvalue weighted by Crippen LogP contribution is 2.33. The highest BCUT2D eigenvalue weighted by Gasteiger charge is 2.44. The van der Waals surface area contributed by atoms with Gasteiger partial charge in [0.15, 0.2) is 0 Å². The van der Waals surface area contributed by atoms with E-state index in [4.69, 9.17) is 22.7 Å². The number of amides is 1. The van der Waals surface area contributed by atoms with Crippen LogP contribution in [0.25, 0.3) is 0 Å². The zero-order valence-corrected chi connectivity index (χ0v) is 11.4. The van der Waals surface area contributed by atoms with E-state index < -0.39 is 30.5 Å². The third kappa shape index (κ3) is 4.04. The van der Waals surface area contributed by atoms with Crippen molar-refractivity contribution in [1.29, 1.82) is 0 Å². The summed E-state index contributed by atoms with van der Waals surface area (Å²) in [5, 5.41) is 0. The van der Waals surface area contributed by atoms with E-state index in [2.05, 4.69) is 0 Å². The van der Waals surface area contributed by atoms with Crippen LogP contribution in [-0.2, 0) is 9.53 Å². The molecule has 1 aliphatic rings. The second-order valence-corrected chi connectivity index (χ2v) is 5.09. The normalized spacial score (nSPS) is 18.9. The van der Waals surface area contributed by atoms with Crippen molar-refractivity contribution in [3.05, 3.63) is 0 Å². The van der Waals surface area contributed by atoms with E-state index in [0.29, 0.717) is 26.1 Å². The first kappa shape index (κ1) is 16.2.